The fraction of sp³-hybridized carbons (Fsp3) is 0.562. The number of nitrogens with zero attached hydrogens (tertiary/aromatic N) is 1. The highest BCUT2D eigenvalue weighted by atomic mass is 16.5. The number of hydrogen-bond donors (Lipinski definition) is 1. The second-order valence-electron chi connectivity index (χ2n) is 5.33. The first-order chi connectivity index (χ1) is 10.2. The van der Waals surface area contributed by atoms with Crippen molar-refractivity contribution in [1.82, 2.24) is 10.2 Å². The van der Waals surface area contributed by atoms with Gasteiger partial charge in [-0.2, -0.15) is 0 Å². The molecule has 1 N–H and O–H groups in total. The molecule has 1 aliphatic rings. The Morgan fingerprint density at radius 2 is 2.10 bits per heavy atom. The average Bonchev–Trinajstić information content (AvgIpc) is 2.52. The topological polar surface area (TPSA) is 50.8 Å². The van der Waals surface area contributed by atoms with E-state index in [2.05, 4.69) is 12.2 Å². The molecule has 1 aromatic rings. The first kappa shape index (κ1) is 15.6. The van der Waals surface area contributed by atoms with Gasteiger partial charge in [0.15, 0.2) is 11.5 Å². The first-order valence-electron chi connectivity index (χ1n) is 7.36. The summed E-state index contributed by atoms with van der Waals surface area (Å²) in [7, 11) is 3.24. The van der Waals surface area contributed by atoms with E-state index in [1.807, 2.05) is 23.1 Å². The van der Waals surface area contributed by atoms with Gasteiger partial charge >= 0.3 is 0 Å². The van der Waals surface area contributed by atoms with Crippen molar-refractivity contribution < 1.29 is 14.3 Å². The maximum Gasteiger partial charge on any atom is 0.223 e. The van der Waals surface area contributed by atoms with Crippen LogP contribution < -0.4 is 14.8 Å². The van der Waals surface area contributed by atoms with E-state index in [-0.39, 0.29) is 11.9 Å². The van der Waals surface area contributed by atoms with Gasteiger partial charge in [-0.25, -0.2) is 0 Å². The SMILES string of the molecule is COc1ccc(CCC(=O)N2CCNC[C@@H]2C)cc1OC. The van der Waals surface area contributed by atoms with Gasteiger partial charge in [-0.1, -0.05) is 6.07 Å². The van der Waals surface area contributed by atoms with E-state index in [0.717, 1.165) is 31.6 Å². The lowest BCUT2D eigenvalue weighted by Crippen LogP contribution is -2.52. The lowest BCUT2D eigenvalue weighted by Gasteiger charge is -2.34. The van der Waals surface area contributed by atoms with Gasteiger partial charge in [-0.15, -0.1) is 0 Å². The van der Waals surface area contributed by atoms with E-state index < -0.39 is 0 Å². The van der Waals surface area contributed by atoms with Crippen LogP contribution in [0.25, 0.3) is 0 Å². The molecular weight excluding hydrogens is 268 g/mol. The Labute approximate surface area is 126 Å². The van der Waals surface area contributed by atoms with Gasteiger partial charge in [0.25, 0.3) is 0 Å². The molecule has 1 atom stereocenters. The Morgan fingerprint density at radius 1 is 1.33 bits per heavy atom. The maximum absolute atomic E-state index is 12.3. The summed E-state index contributed by atoms with van der Waals surface area (Å²) in [5.41, 5.74) is 1.09. The zero-order valence-electron chi connectivity index (χ0n) is 13.0. The zero-order valence-corrected chi connectivity index (χ0v) is 13.0. The third-order valence-corrected chi connectivity index (χ3v) is 3.90. The van der Waals surface area contributed by atoms with Crippen LogP contribution in [0.4, 0.5) is 0 Å². The fourth-order valence-corrected chi connectivity index (χ4v) is 2.64. The van der Waals surface area contributed by atoms with Crippen molar-refractivity contribution in [3.8, 4) is 11.5 Å². The van der Waals surface area contributed by atoms with Crippen molar-refractivity contribution >= 4 is 5.91 Å². The Hall–Kier alpha value is -1.75. The normalized spacial score (nSPS) is 18.4. The number of nitrogens with one attached hydrogen (secondary N) is 1. The maximum atomic E-state index is 12.3. The molecule has 5 nitrogen and oxygen atoms in total. The minimum Gasteiger partial charge on any atom is -0.493 e. The molecule has 5 heteroatoms. The van der Waals surface area contributed by atoms with Crippen molar-refractivity contribution in [2.45, 2.75) is 25.8 Å². The second-order valence-corrected chi connectivity index (χ2v) is 5.33. The number of rotatable bonds is 5. The summed E-state index contributed by atoms with van der Waals surface area (Å²) >= 11 is 0. The minimum atomic E-state index is 0.221. The molecule has 2 rings (SSSR count). The number of piperazine rings is 1. The van der Waals surface area contributed by atoms with Crippen LogP contribution in [0.1, 0.15) is 18.9 Å². The molecule has 0 aliphatic carbocycles. The molecule has 0 spiro atoms. The third kappa shape index (κ3) is 3.88. The highest BCUT2D eigenvalue weighted by molar-refractivity contribution is 5.77. The summed E-state index contributed by atoms with van der Waals surface area (Å²) in [6.45, 7) is 4.64. The lowest BCUT2D eigenvalue weighted by atomic mass is 10.1. The van der Waals surface area contributed by atoms with Crippen LogP contribution in [-0.2, 0) is 11.2 Å². The van der Waals surface area contributed by atoms with Crippen molar-refractivity contribution in [1.29, 1.82) is 0 Å². The number of benzene rings is 1. The number of carbonyl (C=O) groups is 1. The molecule has 1 aromatic carbocycles. The summed E-state index contributed by atoms with van der Waals surface area (Å²) < 4.78 is 10.5. The molecule has 0 unspecified atom stereocenters. The Kier molecular flexibility index (Phi) is 5.44. The van der Waals surface area contributed by atoms with Crippen LogP contribution in [0.15, 0.2) is 18.2 Å². The molecule has 1 aliphatic heterocycles. The molecule has 21 heavy (non-hydrogen) atoms. The highest BCUT2D eigenvalue weighted by Gasteiger charge is 2.22. The Balaban J connectivity index is 1.94. The van der Waals surface area contributed by atoms with E-state index in [1.165, 1.54) is 0 Å². The predicted molar refractivity (Wildman–Crippen MR) is 81.9 cm³/mol. The van der Waals surface area contributed by atoms with Gasteiger partial charge in [0, 0.05) is 32.1 Å². The van der Waals surface area contributed by atoms with E-state index >= 15 is 0 Å². The van der Waals surface area contributed by atoms with E-state index in [0.29, 0.717) is 17.9 Å². The number of amides is 1. The molecule has 0 bridgehead atoms. The van der Waals surface area contributed by atoms with Crippen LogP contribution in [-0.4, -0.2) is 50.7 Å². The summed E-state index contributed by atoms with van der Waals surface area (Å²) in [5, 5.41) is 3.30. The van der Waals surface area contributed by atoms with Gasteiger partial charge in [-0.3, -0.25) is 4.79 Å². The van der Waals surface area contributed by atoms with Crippen molar-refractivity contribution in [3.63, 3.8) is 0 Å². The van der Waals surface area contributed by atoms with Gasteiger partial charge in [0.05, 0.1) is 14.2 Å². The van der Waals surface area contributed by atoms with Crippen LogP contribution in [0.3, 0.4) is 0 Å². The van der Waals surface area contributed by atoms with Gasteiger partial charge in [0.1, 0.15) is 0 Å². The lowest BCUT2D eigenvalue weighted by molar-refractivity contribution is -0.133. The summed E-state index contributed by atoms with van der Waals surface area (Å²) in [6.07, 6.45) is 1.25. The van der Waals surface area contributed by atoms with Gasteiger partial charge < -0.3 is 19.7 Å². The molecular formula is C16H24N2O3. The number of methoxy groups -OCH3 is 2. The van der Waals surface area contributed by atoms with Crippen molar-refractivity contribution in [2.24, 2.45) is 0 Å². The minimum absolute atomic E-state index is 0.221. The fourth-order valence-electron chi connectivity index (χ4n) is 2.64. The molecule has 0 aromatic heterocycles. The van der Waals surface area contributed by atoms with Crippen molar-refractivity contribution in [2.75, 3.05) is 33.9 Å². The number of hydrogen-bond acceptors (Lipinski definition) is 4. The summed E-state index contributed by atoms with van der Waals surface area (Å²) in [5.74, 6) is 1.64. The number of ether oxygens (including phenoxy) is 2. The number of carbonyl (C=O) groups excluding carboxylic acids is 1. The predicted octanol–water partition coefficient (Wildman–Crippen LogP) is 1.46. The van der Waals surface area contributed by atoms with E-state index in [9.17, 15) is 4.79 Å². The molecule has 1 heterocycles. The van der Waals surface area contributed by atoms with Crippen LogP contribution in [0.2, 0.25) is 0 Å². The summed E-state index contributed by atoms with van der Waals surface area (Å²) in [4.78, 5) is 14.3. The summed E-state index contributed by atoms with van der Waals surface area (Å²) in [6, 6.07) is 6.08. The Bertz CT molecular complexity index is 490. The largest absolute Gasteiger partial charge is 0.493 e. The van der Waals surface area contributed by atoms with E-state index in [4.69, 9.17) is 9.47 Å². The van der Waals surface area contributed by atoms with Crippen LogP contribution in [0.5, 0.6) is 11.5 Å². The van der Waals surface area contributed by atoms with Crippen molar-refractivity contribution in [3.05, 3.63) is 23.8 Å². The Morgan fingerprint density at radius 3 is 2.76 bits per heavy atom. The second kappa shape index (κ2) is 7.31. The highest BCUT2D eigenvalue weighted by Crippen LogP contribution is 2.28. The smallest absolute Gasteiger partial charge is 0.223 e. The molecule has 0 radical (unpaired) electrons. The van der Waals surface area contributed by atoms with Crippen LogP contribution in [0, 0.1) is 0 Å². The molecule has 1 saturated heterocycles. The average molecular weight is 292 g/mol. The molecule has 1 amide bonds. The van der Waals surface area contributed by atoms with Gasteiger partial charge in [0.2, 0.25) is 5.91 Å². The third-order valence-electron chi connectivity index (χ3n) is 3.90. The van der Waals surface area contributed by atoms with E-state index in [1.54, 1.807) is 14.2 Å². The standard InChI is InChI=1S/C16H24N2O3/c1-12-11-17-8-9-18(12)16(19)7-5-13-4-6-14(20-2)15(10-13)21-3/h4,6,10,12,17H,5,7-9,11H2,1-3H3/t12-/m0/s1. The monoisotopic (exact) mass is 292 g/mol. The molecule has 1 fully saturated rings. The van der Waals surface area contributed by atoms with Crippen LogP contribution >= 0.6 is 0 Å². The quantitative estimate of drug-likeness (QED) is 0.892. The number of aryl methyl sites for hydroxylation is 1. The first-order valence-corrected chi connectivity index (χ1v) is 7.36. The molecule has 0 saturated carbocycles. The zero-order chi connectivity index (χ0) is 15.2. The van der Waals surface area contributed by atoms with Gasteiger partial charge in [-0.05, 0) is 31.0 Å². The molecule has 116 valence electrons.